The minimum atomic E-state index is -3.69. The summed E-state index contributed by atoms with van der Waals surface area (Å²) in [6.45, 7) is 7.57. The molecule has 120 valence electrons. The predicted octanol–water partition coefficient (Wildman–Crippen LogP) is 2.64. The molecule has 0 radical (unpaired) electrons. The van der Waals surface area contributed by atoms with E-state index in [1.165, 1.54) is 6.07 Å². The minimum absolute atomic E-state index is 0.0468. The highest BCUT2D eigenvalue weighted by atomic mass is 19.3. The van der Waals surface area contributed by atoms with Gasteiger partial charge in [-0.15, -0.1) is 8.78 Å². The highest BCUT2D eigenvalue weighted by molar-refractivity contribution is 6.47. The van der Waals surface area contributed by atoms with Crippen molar-refractivity contribution < 1.29 is 27.6 Å². The molecule has 1 aromatic carbocycles. The van der Waals surface area contributed by atoms with Crippen molar-refractivity contribution in [2.75, 3.05) is 0 Å². The van der Waals surface area contributed by atoms with Gasteiger partial charge in [0.2, 0.25) is 0 Å². The fourth-order valence-corrected chi connectivity index (χ4v) is 2.43. The Morgan fingerprint density at radius 3 is 2.23 bits per heavy atom. The molecule has 3 rings (SSSR count). The summed E-state index contributed by atoms with van der Waals surface area (Å²) in [4.78, 5) is 0. The smallest absolute Gasteiger partial charge is 0.402 e. The molecule has 2 N–H and O–H groups in total. The molecule has 8 heteroatoms. The number of para-hydroxylation sites is 1. The number of alkyl halides is 2. The molecule has 5 nitrogen and oxygen atoms in total. The number of benzene rings is 1. The molecular formula is C14H18BF2NO4. The molecule has 2 aliphatic heterocycles. The summed E-state index contributed by atoms with van der Waals surface area (Å²) < 4.78 is 47.2. The number of rotatable bonds is 2. The third-order valence-electron chi connectivity index (χ3n) is 4.38. The van der Waals surface area contributed by atoms with Crippen LogP contribution < -0.4 is 15.2 Å². The largest absolute Gasteiger partial charge is 0.586 e. The normalized spacial score (nSPS) is 25.3. The average molecular weight is 313 g/mol. The molecule has 0 saturated carbocycles. The van der Waals surface area contributed by atoms with E-state index in [9.17, 15) is 8.78 Å². The van der Waals surface area contributed by atoms with Crippen molar-refractivity contribution in [3.05, 3.63) is 23.8 Å². The van der Waals surface area contributed by atoms with Gasteiger partial charge in [0, 0.05) is 5.56 Å². The molecule has 0 aromatic heterocycles. The van der Waals surface area contributed by atoms with Crippen LogP contribution in [-0.4, -0.2) is 24.6 Å². The molecule has 0 unspecified atom stereocenters. The molecule has 22 heavy (non-hydrogen) atoms. The molecule has 0 amide bonds. The molecule has 0 bridgehead atoms. The second kappa shape index (κ2) is 4.56. The van der Waals surface area contributed by atoms with E-state index < -0.39 is 30.6 Å². The first kappa shape index (κ1) is 15.5. The van der Waals surface area contributed by atoms with E-state index >= 15 is 0 Å². The van der Waals surface area contributed by atoms with Crippen molar-refractivity contribution in [3.63, 3.8) is 0 Å². The van der Waals surface area contributed by atoms with Gasteiger partial charge in [-0.05, 0) is 33.8 Å². The van der Waals surface area contributed by atoms with Crippen molar-refractivity contribution >= 4 is 7.12 Å². The Kier molecular flexibility index (Phi) is 3.22. The maximum Gasteiger partial charge on any atom is 0.586 e. The molecule has 1 aromatic rings. The summed E-state index contributed by atoms with van der Waals surface area (Å²) in [6.07, 6.45) is -3.69. The molecule has 0 spiro atoms. The lowest BCUT2D eigenvalue weighted by Crippen LogP contribution is -2.41. The van der Waals surface area contributed by atoms with Gasteiger partial charge in [-0.1, -0.05) is 12.1 Å². The first-order chi connectivity index (χ1) is 10.0. The molecule has 1 atom stereocenters. The van der Waals surface area contributed by atoms with Crippen LogP contribution >= 0.6 is 0 Å². The summed E-state index contributed by atoms with van der Waals surface area (Å²) in [7, 11) is -0.769. The van der Waals surface area contributed by atoms with Gasteiger partial charge in [0.1, 0.15) is 0 Å². The van der Waals surface area contributed by atoms with Crippen molar-refractivity contribution in [1.82, 2.24) is 0 Å². The van der Waals surface area contributed by atoms with Crippen LogP contribution in [0.25, 0.3) is 0 Å². The number of nitrogens with two attached hydrogens (primary N) is 1. The molecule has 2 heterocycles. The highest BCUT2D eigenvalue weighted by Crippen LogP contribution is 2.47. The Bertz CT molecular complexity index is 593. The fraction of sp³-hybridized carbons (Fsp3) is 0.571. The zero-order valence-corrected chi connectivity index (χ0v) is 12.9. The van der Waals surface area contributed by atoms with Gasteiger partial charge in [-0.3, -0.25) is 0 Å². The van der Waals surface area contributed by atoms with Gasteiger partial charge in [0.15, 0.2) is 11.5 Å². The second-order valence-electron chi connectivity index (χ2n) is 6.49. The average Bonchev–Trinajstić information content (AvgIpc) is 2.79. The van der Waals surface area contributed by atoms with Gasteiger partial charge in [-0.2, -0.15) is 0 Å². The summed E-state index contributed by atoms with van der Waals surface area (Å²) in [5, 5.41) is 0. The third kappa shape index (κ3) is 2.35. The summed E-state index contributed by atoms with van der Waals surface area (Å²) in [5.41, 5.74) is 5.41. The second-order valence-corrected chi connectivity index (χ2v) is 6.49. The number of ether oxygens (including phenoxy) is 2. The molecule has 0 aliphatic carbocycles. The first-order valence-corrected chi connectivity index (χ1v) is 7.02. The quantitative estimate of drug-likeness (QED) is 0.851. The number of hydrogen-bond donors (Lipinski definition) is 1. The zero-order valence-electron chi connectivity index (χ0n) is 12.9. The van der Waals surface area contributed by atoms with Gasteiger partial charge in [0.25, 0.3) is 0 Å². The highest BCUT2D eigenvalue weighted by Gasteiger charge is 2.54. The van der Waals surface area contributed by atoms with Crippen LogP contribution in [0.4, 0.5) is 8.78 Å². The van der Waals surface area contributed by atoms with E-state index in [1.807, 2.05) is 27.7 Å². The summed E-state index contributed by atoms with van der Waals surface area (Å²) >= 11 is 0. The van der Waals surface area contributed by atoms with E-state index in [2.05, 4.69) is 9.47 Å². The van der Waals surface area contributed by atoms with Crippen molar-refractivity contribution in [1.29, 1.82) is 0 Å². The van der Waals surface area contributed by atoms with Crippen LogP contribution in [0.3, 0.4) is 0 Å². The Morgan fingerprint density at radius 1 is 1.05 bits per heavy atom. The van der Waals surface area contributed by atoms with E-state index in [0.29, 0.717) is 5.56 Å². The van der Waals surface area contributed by atoms with Crippen molar-refractivity contribution in [2.45, 2.75) is 51.1 Å². The lowest BCUT2D eigenvalue weighted by atomic mass is 9.74. The van der Waals surface area contributed by atoms with Gasteiger partial charge < -0.3 is 24.5 Å². The molecule has 1 fully saturated rings. The van der Waals surface area contributed by atoms with Crippen molar-refractivity contribution in [2.24, 2.45) is 5.73 Å². The maximum atomic E-state index is 13.3. The van der Waals surface area contributed by atoms with Gasteiger partial charge in [0.05, 0.1) is 17.1 Å². The summed E-state index contributed by atoms with van der Waals surface area (Å²) in [6, 6.07) is 4.57. The molecule has 2 aliphatic rings. The van der Waals surface area contributed by atoms with Gasteiger partial charge in [-0.25, -0.2) is 0 Å². The van der Waals surface area contributed by atoms with E-state index in [1.54, 1.807) is 12.1 Å². The SMILES string of the molecule is CC1(C)OB([C@@H](N)c2cccc3c2OC(F)(F)O3)OC1(C)C. The topological polar surface area (TPSA) is 62.9 Å². The lowest BCUT2D eigenvalue weighted by Gasteiger charge is -2.32. The monoisotopic (exact) mass is 313 g/mol. The van der Waals surface area contributed by atoms with Crippen molar-refractivity contribution in [3.8, 4) is 11.5 Å². The summed E-state index contributed by atoms with van der Waals surface area (Å²) in [5.74, 6) is -0.905. The molecular weight excluding hydrogens is 295 g/mol. The van der Waals surface area contributed by atoms with Crippen LogP contribution in [0.5, 0.6) is 11.5 Å². The Balaban J connectivity index is 1.90. The van der Waals surface area contributed by atoms with Crippen LogP contribution in [0, 0.1) is 0 Å². The Morgan fingerprint density at radius 2 is 1.64 bits per heavy atom. The predicted molar refractivity (Wildman–Crippen MR) is 75.7 cm³/mol. The standard InChI is InChI=1S/C14H18BF2NO4/c1-12(2)13(3,4)22-15(21-12)11(18)8-6-5-7-9-10(8)20-14(16,17)19-9/h5-7,11H,18H2,1-4H3/t11-/m0/s1. The van der Waals surface area contributed by atoms with E-state index in [0.717, 1.165) is 0 Å². The lowest BCUT2D eigenvalue weighted by molar-refractivity contribution is -0.287. The van der Waals surface area contributed by atoms with Crippen LogP contribution in [0.15, 0.2) is 18.2 Å². The van der Waals surface area contributed by atoms with Crippen LogP contribution in [0.2, 0.25) is 0 Å². The molecule has 1 saturated heterocycles. The van der Waals surface area contributed by atoms with Crippen LogP contribution in [0.1, 0.15) is 39.2 Å². The Labute approximate surface area is 127 Å². The number of fused-ring (bicyclic) bond motifs is 1. The first-order valence-electron chi connectivity index (χ1n) is 7.02. The number of hydrogen-bond acceptors (Lipinski definition) is 5. The van der Waals surface area contributed by atoms with E-state index in [4.69, 9.17) is 15.0 Å². The maximum absolute atomic E-state index is 13.3. The van der Waals surface area contributed by atoms with Crippen LogP contribution in [-0.2, 0) is 9.31 Å². The number of halogens is 2. The Hall–Kier alpha value is -1.38. The van der Waals surface area contributed by atoms with E-state index in [-0.39, 0.29) is 11.5 Å². The fourth-order valence-electron chi connectivity index (χ4n) is 2.43. The zero-order chi connectivity index (χ0) is 16.3. The van der Waals surface area contributed by atoms with Gasteiger partial charge >= 0.3 is 13.4 Å². The third-order valence-corrected chi connectivity index (χ3v) is 4.38. The minimum Gasteiger partial charge on any atom is -0.402 e.